The Balaban J connectivity index is 2.03. The van der Waals surface area contributed by atoms with E-state index < -0.39 is 0 Å². The maximum atomic E-state index is 11.9. The van der Waals surface area contributed by atoms with Gasteiger partial charge in [0.15, 0.2) is 0 Å². The van der Waals surface area contributed by atoms with Crippen molar-refractivity contribution in [2.75, 3.05) is 17.6 Å². The predicted molar refractivity (Wildman–Crippen MR) is 83.5 cm³/mol. The smallest absolute Gasteiger partial charge is 0.242 e. The molecule has 2 heterocycles. The molecule has 0 spiro atoms. The Labute approximate surface area is 125 Å². The van der Waals surface area contributed by atoms with E-state index in [0.29, 0.717) is 5.69 Å². The first-order valence-corrected chi connectivity index (χ1v) is 7.32. The fourth-order valence-electron chi connectivity index (χ4n) is 2.43. The fraction of sp³-hybridized carbons (Fsp3) is 0.286. The summed E-state index contributed by atoms with van der Waals surface area (Å²) in [6.07, 6.45) is 3.40. The number of nitrogens with two attached hydrogens (primary N) is 1. The van der Waals surface area contributed by atoms with E-state index in [2.05, 4.69) is 31.5 Å². The molecular weight excluding hydrogens is 320 g/mol. The van der Waals surface area contributed by atoms with Crippen molar-refractivity contribution in [1.82, 2.24) is 10.3 Å². The number of anilines is 2. The van der Waals surface area contributed by atoms with Crippen LogP contribution in [0.3, 0.4) is 0 Å². The number of piperidine rings is 1. The minimum atomic E-state index is -0.240. The third-order valence-corrected chi connectivity index (χ3v) is 3.96. The summed E-state index contributed by atoms with van der Waals surface area (Å²) in [5.74, 6) is 0.0237. The van der Waals surface area contributed by atoms with Gasteiger partial charge in [0.1, 0.15) is 6.04 Å². The molecule has 0 bridgehead atoms. The molecular formula is C14H15BrN4O. The monoisotopic (exact) mass is 334 g/mol. The summed E-state index contributed by atoms with van der Waals surface area (Å²) in [7, 11) is 0. The minimum absolute atomic E-state index is 0.0237. The number of amides is 1. The van der Waals surface area contributed by atoms with Crippen molar-refractivity contribution in [3.05, 3.63) is 28.9 Å². The van der Waals surface area contributed by atoms with Gasteiger partial charge in [-0.2, -0.15) is 0 Å². The highest BCUT2D eigenvalue weighted by molar-refractivity contribution is 9.10. The number of carbonyl (C=O) groups is 1. The van der Waals surface area contributed by atoms with E-state index in [1.165, 1.54) is 0 Å². The third-order valence-electron chi connectivity index (χ3n) is 3.46. The van der Waals surface area contributed by atoms with Crippen LogP contribution in [0.1, 0.15) is 12.8 Å². The van der Waals surface area contributed by atoms with E-state index in [-0.39, 0.29) is 11.9 Å². The molecule has 1 fully saturated rings. The zero-order chi connectivity index (χ0) is 14.1. The molecule has 2 aromatic rings. The number of hydrogen-bond donors (Lipinski definition) is 3. The number of nitrogens with one attached hydrogen (secondary N) is 2. The summed E-state index contributed by atoms with van der Waals surface area (Å²) in [6, 6.07) is 5.57. The molecule has 1 amide bonds. The first-order chi connectivity index (χ1) is 9.65. The first-order valence-electron chi connectivity index (χ1n) is 6.53. The normalized spacial score (nSPS) is 18.9. The molecule has 1 aliphatic heterocycles. The lowest BCUT2D eigenvalue weighted by molar-refractivity contribution is -0.123. The van der Waals surface area contributed by atoms with E-state index in [0.717, 1.165) is 40.4 Å². The summed E-state index contributed by atoms with van der Waals surface area (Å²) in [5, 5.41) is 7.05. The summed E-state index contributed by atoms with van der Waals surface area (Å²) >= 11 is 3.45. The largest absolute Gasteiger partial charge is 0.396 e. The summed E-state index contributed by atoms with van der Waals surface area (Å²) < 4.78 is 0.952. The highest BCUT2D eigenvalue weighted by Gasteiger charge is 2.23. The van der Waals surface area contributed by atoms with Crippen molar-refractivity contribution < 1.29 is 4.79 Å². The Bertz CT molecular complexity index is 668. The van der Waals surface area contributed by atoms with E-state index in [4.69, 9.17) is 5.73 Å². The highest BCUT2D eigenvalue weighted by atomic mass is 79.9. The first kappa shape index (κ1) is 13.2. The Hall–Kier alpha value is -1.82. The van der Waals surface area contributed by atoms with Gasteiger partial charge in [0, 0.05) is 16.4 Å². The van der Waals surface area contributed by atoms with Crippen LogP contribution in [0.5, 0.6) is 0 Å². The molecule has 0 radical (unpaired) electrons. The summed E-state index contributed by atoms with van der Waals surface area (Å²) in [6.45, 7) is 0.745. The SMILES string of the molecule is Nc1cnc2ccc(Br)cc2c1NC1CCCNC1=O. The molecule has 20 heavy (non-hydrogen) atoms. The Morgan fingerprint density at radius 3 is 3.10 bits per heavy atom. The molecule has 0 aliphatic carbocycles. The van der Waals surface area contributed by atoms with Crippen molar-refractivity contribution in [3.63, 3.8) is 0 Å². The molecule has 4 N–H and O–H groups in total. The van der Waals surface area contributed by atoms with Gasteiger partial charge in [0.25, 0.3) is 0 Å². The van der Waals surface area contributed by atoms with Crippen LogP contribution in [0, 0.1) is 0 Å². The zero-order valence-corrected chi connectivity index (χ0v) is 12.4. The number of halogens is 1. The molecule has 1 unspecified atom stereocenters. The average molecular weight is 335 g/mol. The van der Waals surface area contributed by atoms with Crippen LogP contribution >= 0.6 is 15.9 Å². The Morgan fingerprint density at radius 1 is 1.45 bits per heavy atom. The van der Waals surface area contributed by atoms with Crippen molar-refractivity contribution in [2.24, 2.45) is 0 Å². The van der Waals surface area contributed by atoms with Gasteiger partial charge in [0.05, 0.1) is 23.1 Å². The lowest BCUT2D eigenvalue weighted by atomic mass is 10.1. The Kier molecular flexibility index (Phi) is 3.48. The molecule has 1 aliphatic rings. The van der Waals surface area contributed by atoms with E-state index >= 15 is 0 Å². The fourth-order valence-corrected chi connectivity index (χ4v) is 2.79. The minimum Gasteiger partial charge on any atom is -0.396 e. The van der Waals surface area contributed by atoms with Crippen molar-refractivity contribution in [3.8, 4) is 0 Å². The number of benzene rings is 1. The van der Waals surface area contributed by atoms with Crippen LogP contribution in [0.2, 0.25) is 0 Å². The maximum absolute atomic E-state index is 11.9. The third kappa shape index (κ3) is 2.43. The number of pyridine rings is 1. The zero-order valence-electron chi connectivity index (χ0n) is 10.8. The molecule has 3 rings (SSSR count). The number of rotatable bonds is 2. The predicted octanol–water partition coefficient (Wildman–Crippen LogP) is 2.27. The molecule has 5 nitrogen and oxygen atoms in total. The van der Waals surface area contributed by atoms with Gasteiger partial charge < -0.3 is 16.4 Å². The second-order valence-electron chi connectivity index (χ2n) is 4.88. The van der Waals surface area contributed by atoms with Crippen molar-refractivity contribution >= 4 is 44.1 Å². The van der Waals surface area contributed by atoms with Crippen LogP contribution in [0.15, 0.2) is 28.9 Å². The second kappa shape index (κ2) is 5.28. The summed E-state index contributed by atoms with van der Waals surface area (Å²) in [4.78, 5) is 16.2. The van der Waals surface area contributed by atoms with Gasteiger partial charge in [-0.1, -0.05) is 15.9 Å². The molecule has 6 heteroatoms. The second-order valence-corrected chi connectivity index (χ2v) is 5.80. The molecule has 1 aromatic carbocycles. The van der Waals surface area contributed by atoms with Gasteiger partial charge in [0.2, 0.25) is 5.91 Å². The standard InChI is InChI=1S/C14H15BrN4O/c15-8-3-4-11-9(6-8)13(10(16)7-18-11)19-12-2-1-5-17-14(12)20/h3-4,6-7,12H,1-2,5,16H2,(H,17,20)(H,18,19). The molecule has 104 valence electrons. The van der Waals surface area contributed by atoms with E-state index in [9.17, 15) is 4.79 Å². The van der Waals surface area contributed by atoms with Crippen LogP contribution in [0.25, 0.3) is 10.9 Å². The molecule has 1 aromatic heterocycles. The quantitative estimate of drug-likeness (QED) is 0.787. The Morgan fingerprint density at radius 2 is 2.30 bits per heavy atom. The number of aromatic nitrogens is 1. The van der Waals surface area contributed by atoms with Crippen LogP contribution in [0.4, 0.5) is 11.4 Å². The van der Waals surface area contributed by atoms with Gasteiger partial charge in [-0.15, -0.1) is 0 Å². The average Bonchev–Trinajstić information content (AvgIpc) is 2.44. The number of nitrogens with zero attached hydrogens (tertiary/aromatic N) is 1. The van der Waals surface area contributed by atoms with Crippen LogP contribution in [-0.2, 0) is 4.79 Å². The molecule has 1 saturated heterocycles. The number of fused-ring (bicyclic) bond motifs is 1. The number of nitrogen functional groups attached to an aromatic ring is 1. The lowest BCUT2D eigenvalue weighted by Gasteiger charge is -2.25. The molecule has 0 saturated carbocycles. The highest BCUT2D eigenvalue weighted by Crippen LogP contribution is 2.31. The van der Waals surface area contributed by atoms with Crippen LogP contribution < -0.4 is 16.4 Å². The van der Waals surface area contributed by atoms with E-state index in [1.807, 2.05) is 18.2 Å². The maximum Gasteiger partial charge on any atom is 0.242 e. The topological polar surface area (TPSA) is 80.0 Å². The lowest BCUT2D eigenvalue weighted by Crippen LogP contribution is -2.44. The van der Waals surface area contributed by atoms with Crippen molar-refractivity contribution in [1.29, 1.82) is 0 Å². The van der Waals surface area contributed by atoms with Gasteiger partial charge in [-0.25, -0.2) is 0 Å². The van der Waals surface area contributed by atoms with Crippen molar-refractivity contribution in [2.45, 2.75) is 18.9 Å². The van der Waals surface area contributed by atoms with Crippen LogP contribution in [-0.4, -0.2) is 23.5 Å². The molecule has 1 atom stereocenters. The summed E-state index contributed by atoms with van der Waals surface area (Å²) in [5.41, 5.74) is 8.20. The number of hydrogen-bond acceptors (Lipinski definition) is 4. The van der Waals surface area contributed by atoms with E-state index in [1.54, 1.807) is 6.20 Å². The van der Waals surface area contributed by atoms with Gasteiger partial charge in [-0.05, 0) is 31.0 Å². The van der Waals surface area contributed by atoms with Gasteiger partial charge in [-0.3, -0.25) is 9.78 Å². The van der Waals surface area contributed by atoms with Gasteiger partial charge >= 0.3 is 0 Å². The number of carbonyl (C=O) groups excluding carboxylic acids is 1.